The molecule has 0 bridgehead atoms. The SMILES string of the molecule is O=C(c1ccccc1)N1CCN(S(=O)(=O)N2CCOCC2)CC1. The zero-order valence-electron chi connectivity index (χ0n) is 12.9. The number of benzene rings is 1. The monoisotopic (exact) mass is 339 g/mol. The van der Waals surface area contributed by atoms with E-state index < -0.39 is 10.2 Å². The number of ether oxygens (including phenoxy) is 1. The highest BCUT2D eigenvalue weighted by molar-refractivity contribution is 7.86. The van der Waals surface area contributed by atoms with Crippen molar-refractivity contribution in [2.75, 3.05) is 52.5 Å². The van der Waals surface area contributed by atoms with Crippen molar-refractivity contribution in [1.29, 1.82) is 0 Å². The van der Waals surface area contributed by atoms with E-state index in [1.54, 1.807) is 17.0 Å². The van der Waals surface area contributed by atoms with Crippen molar-refractivity contribution < 1.29 is 17.9 Å². The first kappa shape index (κ1) is 16.4. The lowest BCUT2D eigenvalue weighted by atomic mass is 10.2. The van der Waals surface area contributed by atoms with Crippen LogP contribution in [0.5, 0.6) is 0 Å². The number of nitrogens with zero attached hydrogens (tertiary/aromatic N) is 3. The van der Waals surface area contributed by atoms with Gasteiger partial charge >= 0.3 is 0 Å². The van der Waals surface area contributed by atoms with Gasteiger partial charge in [-0.2, -0.15) is 17.0 Å². The zero-order chi connectivity index (χ0) is 16.3. The summed E-state index contributed by atoms with van der Waals surface area (Å²) in [6, 6.07) is 9.07. The minimum atomic E-state index is -3.45. The third-order valence-corrected chi connectivity index (χ3v) is 6.20. The summed E-state index contributed by atoms with van der Waals surface area (Å²) in [5.41, 5.74) is 0.636. The number of morpholine rings is 1. The number of hydrogen-bond donors (Lipinski definition) is 0. The minimum Gasteiger partial charge on any atom is -0.379 e. The second-order valence-electron chi connectivity index (χ2n) is 5.58. The van der Waals surface area contributed by atoms with E-state index in [0.29, 0.717) is 58.0 Å². The summed E-state index contributed by atoms with van der Waals surface area (Å²) in [4.78, 5) is 14.1. The fourth-order valence-corrected chi connectivity index (χ4v) is 4.39. The standard InChI is InChI=1S/C15H21N3O4S/c19-15(14-4-2-1-3-5-14)16-6-8-17(9-7-16)23(20,21)18-10-12-22-13-11-18/h1-5H,6-13H2. The first-order valence-electron chi connectivity index (χ1n) is 7.76. The summed E-state index contributed by atoms with van der Waals surface area (Å²) >= 11 is 0. The van der Waals surface area contributed by atoms with E-state index in [1.807, 2.05) is 18.2 Å². The molecule has 2 fully saturated rings. The van der Waals surface area contributed by atoms with Crippen molar-refractivity contribution in [3.63, 3.8) is 0 Å². The first-order valence-corrected chi connectivity index (χ1v) is 9.16. The van der Waals surface area contributed by atoms with Crippen LogP contribution in [0.1, 0.15) is 10.4 Å². The average Bonchev–Trinajstić information content (AvgIpc) is 2.63. The van der Waals surface area contributed by atoms with Gasteiger partial charge in [-0.15, -0.1) is 0 Å². The predicted octanol–water partition coefficient (Wildman–Crippen LogP) is 0.0214. The topological polar surface area (TPSA) is 70.2 Å². The van der Waals surface area contributed by atoms with Gasteiger partial charge in [0.2, 0.25) is 0 Å². The van der Waals surface area contributed by atoms with Gasteiger partial charge in [-0.1, -0.05) is 18.2 Å². The number of piperazine rings is 1. The van der Waals surface area contributed by atoms with Crippen LogP contribution in [0.15, 0.2) is 30.3 Å². The molecule has 2 aliphatic heterocycles. The largest absolute Gasteiger partial charge is 0.379 e. The molecule has 0 aliphatic carbocycles. The van der Waals surface area contributed by atoms with Crippen LogP contribution in [0.4, 0.5) is 0 Å². The molecule has 0 saturated carbocycles. The summed E-state index contributed by atoms with van der Waals surface area (Å²) in [6.45, 7) is 3.15. The third kappa shape index (κ3) is 3.55. The predicted molar refractivity (Wildman–Crippen MR) is 85.2 cm³/mol. The van der Waals surface area contributed by atoms with Gasteiger partial charge in [-0.05, 0) is 12.1 Å². The molecule has 7 nitrogen and oxygen atoms in total. The van der Waals surface area contributed by atoms with E-state index in [4.69, 9.17) is 4.74 Å². The van der Waals surface area contributed by atoms with Crippen LogP contribution in [-0.2, 0) is 14.9 Å². The lowest BCUT2D eigenvalue weighted by Gasteiger charge is -2.37. The Balaban J connectivity index is 1.61. The van der Waals surface area contributed by atoms with Crippen LogP contribution < -0.4 is 0 Å². The van der Waals surface area contributed by atoms with E-state index in [0.717, 1.165) is 0 Å². The second-order valence-corrected chi connectivity index (χ2v) is 7.50. The van der Waals surface area contributed by atoms with Crippen LogP contribution in [-0.4, -0.2) is 80.3 Å². The number of hydrogen-bond acceptors (Lipinski definition) is 4. The number of amides is 1. The molecule has 3 rings (SSSR count). The average molecular weight is 339 g/mol. The summed E-state index contributed by atoms with van der Waals surface area (Å²) in [5.74, 6) is -0.0472. The number of rotatable bonds is 3. The van der Waals surface area contributed by atoms with E-state index in [-0.39, 0.29) is 5.91 Å². The molecule has 126 valence electrons. The molecule has 8 heteroatoms. The van der Waals surface area contributed by atoms with Crippen molar-refractivity contribution in [3.8, 4) is 0 Å². The maximum Gasteiger partial charge on any atom is 0.282 e. The van der Waals surface area contributed by atoms with Gasteiger partial charge in [0.1, 0.15) is 0 Å². The van der Waals surface area contributed by atoms with Crippen LogP contribution in [0.2, 0.25) is 0 Å². The molecule has 0 radical (unpaired) electrons. The lowest BCUT2D eigenvalue weighted by Crippen LogP contribution is -2.55. The second kappa shape index (κ2) is 6.96. The van der Waals surface area contributed by atoms with Crippen LogP contribution in [0.25, 0.3) is 0 Å². The van der Waals surface area contributed by atoms with E-state index in [9.17, 15) is 13.2 Å². The Kier molecular flexibility index (Phi) is 4.96. The molecule has 2 aliphatic rings. The number of carbonyl (C=O) groups is 1. The van der Waals surface area contributed by atoms with E-state index >= 15 is 0 Å². The summed E-state index contributed by atoms with van der Waals surface area (Å²) in [6.07, 6.45) is 0. The summed E-state index contributed by atoms with van der Waals surface area (Å²) in [5, 5.41) is 0. The Morgan fingerprint density at radius 2 is 1.43 bits per heavy atom. The molecule has 23 heavy (non-hydrogen) atoms. The van der Waals surface area contributed by atoms with Crippen LogP contribution >= 0.6 is 0 Å². The van der Waals surface area contributed by atoms with Crippen molar-refractivity contribution >= 4 is 16.1 Å². The Hall–Kier alpha value is -1.48. The van der Waals surface area contributed by atoms with Gasteiger partial charge in [0.15, 0.2) is 0 Å². The molecule has 1 amide bonds. The summed E-state index contributed by atoms with van der Waals surface area (Å²) < 4.78 is 33.3. The van der Waals surface area contributed by atoms with Crippen molar-refractivity contribution in [2.24, 2.45) is 0 Å². The lowest BCUT2D eigenvalue weighted by molar-refractivity contribution is 0.0636. The molecule has 2 heterocycles. The molecule has 2 saturated heterocycles. The molecular formula is C15H21N3O4S. The molecule has 1 aromatic carbocycles. The summed E-state index contributed by atoms with van der Waals surface area (Å²) in [7, 11) is -3.45. The maximum atomic E-state index is 12.6. The van der Waals surface area contributed by atoms with Crippen molar-refractivity contribution in [1.82, 2.24) is 13.5 Å². The van der Waals surface area contributed by atoms with Gasteiger partial charge in [-0.25, -0.2) is 0 Å². The highest BCUT2D eigenvalue weighted by Crippen LogP contribution is 2.15. The molecule has 0 atom stereocenters. The molecular weight excluding hydrogens is 318 g/mol. The molecule has 0 spiro atoms. The smallest absolute Gasteiger partial charge is 0.282 e. The van der Waals surface area contributed by atoms with E-state index in [1.165, 1.54) is 8.61 Å². The normalized spacial score (nSPS) is 21.3. The number of carbonyl (C=O) groups excluding carboxylic acids is 1. The van der Waals surface area contributed by atoms with E-state index in [2.05, 4.69) is 0 Å². The molecule has 0 N–H and O–H groups in total. The molecule has 0 aromatic heterocycles. The maximum absolute atomic E-state index is 12.6. The first-order chi connectivity index (χ1) is 11.1. The van der Waals surface area contributed by atoms with Gasteiger partial charge in [0.25, 0.3) is 16.1 Å². The highest BCUT2D eigenvalue weighted by atomic mass is 32.2. The highest BCUT2D eigenvalue weighted by Gasteiger charge is 2.34. The van der Waals surface area contributed by atoms with Crippen molar-refractivity contribution in [3.05, 3.63) is 35.9 Å². The van der Waals surface area contributed by atoms with Gasteiger partial charge in [0, 0.05) is 44.8 Å². The van der Waals surface area contributed by atoms with Crippen molar-refractivity contribution in [2.45, 2.75) is 0 Å². The van der Waals surface area contributed by atoms with Gasteiger partial charge in [0.05, 0.1) is 13.2 Å². The van der Waals surface area contributed by atoms with Crippen LogP contribution in [0, 0.1) is 0 Å². The quantitative estimate of drug-likeness (QED) is 0.779. The third-order valence-electron chi connectivity index (χ3n) is 4.17. The fraction of sp³-hybridized carbons (Fsp3) is 0.533. The fourth-order valence-electron chi connectivity index (χ4n) is 2.83. The minimum absolute atomic E-state index is 0.0472. The van der Waals surface area contributed by atoms with Crippen LogP contribution in [0.3, 0.4) is 0 Å². The van der Waals surface area contributed by atoms with Gasteiger partial charge < -0.3 is 9.64 Å². The molecule has 1 aromatic rings. The Morgan fingerprint density at radius 1 is 0.870 bits per heavy atom. The zero-order valence-corrected chi connectivity index (χ0v) is 13.7. The Morgan fingerprint density at radius 3 is 2.04 bits per heavy atom. The Labute approximate surface area is 136 Å². The molecule has 0 unspecified atom stereocenters. The Bertz CT molecular complexity index is 636. The van der Waals surface area contributed by atoms with Gasteiger partial charge in [-0.3, -0.25) is 4.79 Å².